The number of rotatable bonds is 70. The van der Waals surface area contributed by atoms with Crippen LogP contribution in [-0.4, -0.2) is 343 Å². The van der Waals surface area contributed by atoms with Crippen LogP contribution >= 0.6 is 0 Å². The number of hydrogen-bond acceptors (Lipinski definition) is 27. The van der Waals surface area contributed by atoms with Crippen molar-refractivity contribution in [1.29, 1.82) is 0 Å². The number of ether oxygens (including phenoxy) is 9. The summed E-state index contributed by atoms with van der Waals surface area (Å²) in [6.45, 7) is 27.1. The van der Waals surface area contributed by atoms with Crippen LogP contribution in [0, 0.1) is 46.3 Å². The minimum Gasteiger partial charge on any atom is -0.464 e. The zero-order valence-corrected chi connectivity index (χ0v) is 95.5. The maximum atomic E-state index is 12.4. The lowest BCUT2D eigenvalue weighted by atomic mass is 9.49. The summed E-state index contributed by atoms with van der Waals surface area (Å²) in [5.41, 5.74) is -0.165. The van der Waals surface area contributed by atoms with Gasteiger partial charge in [-0.15, -0.1) is 0 Å². The molecule has 8 fully saturated rings. The van der Waals surface area contributed by atoms with Crippen LogP contribution < -0.4 is 0 Å². The molecule has 0 radical (unpaired) electrons. The topological polar surface area (TPSA) is 266 Å². The van der Waals surface area contributed by atoms with Crippen LogP contribution in [0.3, 0.4) is 0 Å². The van der Waals surface area contributed by atoms with Gasteiger partial charge in [0.05, 0.1) is 10.8 Å². The minimum atomic E-state index is -0.0886. The lowest BCUT2D eigenvalue weighted by Crippen LogP contribution is -2.50. The second-order valence-corrected chi connectivity index (χ2v) is 43.2. The Morgan fingerprint density at radius 2 is 0.307 bits per heavy atom. The molecule has 0 N–H and O–H groups in total. The molecule has 0 spiro atoms. The van der Waals surface area contributed by atoms with Gasteiger partial charge in [-0.1, -0.05) is 222 Å². The molecule has 27 heteroatoms. The second kappa shape index (κ2) is 93.6. The van der Waals surface area contributed by atoms with Crippen molar-refractivity contribution in [3.8, 4) is 0 Å². The zero-order chi connectivity index (χ0) is 105. The summed E-state index contributed by atoms with van der Waals surface area (Å²) in [4.78, 5) is 121. The first-order valence-electron chi connectivity index (χ1n) is 56.1. The van der Waals surface area contributed by atoms with Gasteiger partial charge in [-0.2, -0.15) is 0 Å². The quantitative estimate of drug-likeness (QED) is 0.0311. The molecule has 0 aliphatic heterocycles. The smallest absolute Gasteiger partial charge is 0.312 e. The molecule has 828 valence electrons. The Bertz CT molecular complexity index is 2820. The first kappa shape index (κ1) is 139. The molecule has 0 aromatic rings. The summed E-state index contributed by atoms with van der Waals surface area (Å²) in [7, 11) is 35.6. The van der Waals surface area contributed by atoms with E-state index < -0.39 is 0 Å². The van der Waals surface area contributed by atoms with Crippen LogP contribution in [0.15, 0.2) is 0 Å². The Morgan fingerprint density at radius 3 is 0.464 bits per heavy atom. The fourth-order valence-electron chi connectivity index (χ4n) is 18.5. The molecule has 8 bridgehead atoms. The predicted molar refractivity (Wildman–Crippen MR) is 576 cm³/mol. The van der Waals surface area contributed by atoms with Gasteiger partial charge in [0, 0.05) is 104 Å². The van der Waals surface area contributed by atoms with Gasteiger partial charge in [0.25, 0.3) is 0 Å². The number of carbonyl (C=O) groups is 9. The van der Waals surface area contributed by atoms with Crippen LogP contribution in [0.5, 0.6) is 0 Å². The first-order chi connectivity index (χ1) is 66.8. The van der Waals surface area contributed by atoms with Crippen LogP contribution in [0.2, 0.25) is 0 Å². The number of likely N-dealkylation sites (N-methyl/N-ethyl adjacent to an activating group) is 9. The zero-order valence-electron chi connectivity index (χ0n) is 95.5. The van der Waals surface area contributed by atoms with Gasteiger partial charge >= 0.3 is 53.7 Å². The highest BCUT2D eigenvalue weighted by Gasteiger charge is 2.57. The normalized spacial score (nSPS) is 18.6. The maximum absolute atomic E-state index is 12.4. The summed E-state index contributed by atoms with van der Waals surface area (Å²) in [5, 5.41) is 0. The minimum absolute atomic E-state index is 0.0390. The third kappa shape index (κ3) is 87.1. The molecule has 0 amide bonds. The summed E-state index contributed by atoms with van der Waals surface area (Å²) in [5.74, 6) is 4.76. The number of esters is 9. The Balaban J connectivity index is -0.00000151. The van der Waals surface area contributed by atoms with Crippen LogP contribution in [-0.2, 0) is 85.8 Å². The second-order valence-electron chi connectivity index (χ2n) is 43.2. The van der Waals surface area contributed by atoms with Gasteiger partial charge in [0.1, 0.15) is 59.5 Å². The van der Waals surface area contributed by atoms with Crippen molar-refractivity contribution >= 4 is 53.7 Å². The molecule has 0 heterocycles. The SMILES string of the molecule is CCCC(=O)OCCN(C)C.CCCCCC(=O)OCCN(C)C.CCCCCCC(=O)OCCN(C)C.CCCCCCCC(=O)OCCN(C)C.CCCCCCCCC(=O)OCCN(C)C.CCCCCCCCCC(=O)OCCN(C)C.CCCCCCCCCCC(=O)OCCN(C)C.CN(C)CCOC(=O)C12CC3CC(CC(C3)C1)C2.CN(C)CCOC(=O)C12CC3CC(CC(C3)C1)C2. The van der Waals surface area contributed by atoms with E-state index in [2.05, 4.69) is 51.3 Å². The summed E-state index contributed by atoms with van der Waals surface area (Å²) < 4.78 is 46.5. The van der Waals surface area contributed by atoms with Gasteiger partial charge in [-0.05, 0) is 284 Å². The van der Waals surface area contributed by atoms with E-state index in [9.17, 15) is 43.2 Å². The molecule has 0 atom stereocenters. The molecule has 8 aliphatic rings. The average molecular weight is 2000 g/mol. The fourth-order valence-corrected chi connectivity index (χ4v) is 18.5. The lowest BCUT2D eigenvalue weighted by molar-refractivity contribution is -0.172. The maximum Gasteiger partial charge on any atom is 0.312 e. The first-order valence-corrected chi connectivity index (χ1v) is 56.1. The van der Waals surface area contributed by atoms with E-state index in [-0.39, 0.29) is 64.6 Å². The Labute approximate surface area is 859 Å². The molecule has 8 saturated carbocycles. The Morgan fingerprint density at radius 1 is 0.179 bits per heavy atom. The number of unbranched alkanes of at least 4 members (excludes halogenated alkanes) is 27. The highest BCUT2D eigenvalue weighted by molar-refractivity contribution is 5.78. The third-order valence-electron chi connectivity index (χ3n) is 26.2. The molecule has 140 heavy (non-hydrogen) atoms. The summed E-state index contributed by atoms with van der Waals surface area (Å²) >= 11 is 0. The molecule has 27 nitrogen and oxygen atoms in total. The van der Waals surface area contributed by atoms with Crippen molar-refractivity contribution in [2.75, 3.05) is 245 Å². The van der Waals surface area contributed by atoms with Gasteiger partial charge < -0.3 is 86.7 Å². The van der Waals surface area contributed by atoms with E-state index in [1.54, 1.807) is 0 Å². The number of nitrogens with zero attached hydrogens (tertiary/aromatic N) is 9. The van der Waals surface area contributed by atoms with E-state index in [0.717, 1.165) is 223 Å². The van der Waals surface area contributed by atoms with Gasteiger partial charge in [-0.25, -0.2) is 0 Å². The van der Waals surface area contributed by atoms with E-state index in [1.165, 1.54) is 167 Å². The molecular weight excluding hydrogens is 1770 g/mol. The van der Waals surface area contributed by atoms with Crippen LogP contribution in [0.25, 0.3) is 0 Å². The van der Waals surface area contributed by atoms with E-state index in [1.807, 2.05) is 168 Å². The van der Waals surface area contributed by atoms with E-state index in [4.69, 9.17) is 42.6 Å². The molecule has 8 aliphatic carbocycles. The largest absolute Gasteiger partial charge is 0.464 e. The Hall–Kier alpha value is -5.13. The van der Waals surface area contributed by atoms with Gasteiger partial charge in [0.15, 0.2) is 0 Å². The monoisotopic (exact) mass is 1990 g/mol. The third-order valence-corrected chi connectivity index (χ3v) is 26.2. The average Bonchev–Trinajstić information content (AvgIpc) is 0.747. The standard InChI is InChI=1S/2C15H25NO2.C15H31NO2.C14H29NO2.C13H27NO2.C12H25NO2.C11H23NO2.C10H21NO2.C8H17NO2/c2*1-16(2)3-4-18-14(17)15-8-11-5-12(9-15)7-13(6-11)10-15;1-4-5-6-7-8-9-10-11-12-15(17)18-14-13-16(2)3;1-4-5-6-7-8-9-10-11-14(16)17-13-12-15(2)3;1-4-5-6-7-8-9-10-13(15)16-12-11-14(2)3;1-4-5-6-7-8-9-12(14)15-11-10-13(2)3;1-4-5-6-7-8-11(13)14-10-9-12(2)3;1-4-5-6-7-10(12)13-9-8-11(2)3;1-4-5-8(10)11-7-6-9(2)3/h2*11-13H,3-10H2,1-2H3;4-14H2,1-3H3;4-13H2,1-3H3;4-12H2,1-3H3;4-11H2,1-3H3;4-10H2,1-3H3;4-9H2,1-3H3;4-7H2,1-3H3. The predicted octanol–water partition coefficient (Wildman–Crippen LogP) is 21.4. The molecule has 0 aromatic heterocycles. The highest BCUT2D eigenvalue weighted by Crippen LogP contribution is 2.62. The molecule has 0 aromatic carbocycles. The van der Waals surface area contributed by atoms with Crippen LogP contribution in [0.1, 0.15) is 389 Å². The highest BCUT2D eigenvalue weighted by atomic mass is 16.6. The van der Waals surface area contributed by atoms with Gasteiger partial charge in [0.2, 0.25) is 0 Å². The van der Waals surface area contributed by atoms with Crippen LogP contribution in [0.4, 0.5) is 0 Å². The van der Waals surface area contributed by atoms with E-state index >= 15 is 0 Å². The Kier molecular flexibility index (Phi) is 93.0. The summed E-state index contributed by atoms with van der Waals surface area (Å²) in [6.07, 6.45) is 59.5. The number of hydrogen-bond donors (Lipinski definition) is 0. The van der Waals surface area contributed by atoms with Crippen molar-refractivity contribution < 1.29 is 85.8 Å². The van der Waals surface area contributed by atoms with Crippen molar-refractivity contribution in [1.82, 2.24) is 44.1 Å². The van der Waals surface area contributed by atoms with Crippen molar-refractivity contribution in [2.45, 2.75) is 389 Å². The van der Waals surface area contributed by atoms with Crippen molar-refractivity contribution in [3.63, 3.8) is 0 Å². The molecule has 0 unspecified atom stereocenters. The summed E-state index contributed by atoms with van der Waals surface area (Å²) in [6, 6.07) is 0. The lowest BCUT2D eigenvalue weighted by Gasteiger charge is -2.55. The van der Waals surface area contributed by atoms with Crippen molar-refractivity contribution in [3.05, 3.63) is 0 Å². The van der Waals surface area contributed by atoms with E-state index in [0.29, 0.717) is 104 Å². The van der Waals surface area contributed by atoms with Gasteiger partial charge in [-0.3, -0.25) is 43.2 Å². The fraction of sp³-hybridized carbons (Fsp3) is 0.920. The molecular formula is C113H223N9O18. The van der Waals surface area contributed by atoms with Crippen molar-refractivity contribution in [2.24, 2.45) is 46.3 Å². The number of carbonyl (C=O) groups excluding carboxylic acids is 9. The molecule has 8 rings (SSSR count). The molecule has 0 saturated heterocycles.